The van der Waals surface area contributed by atoms with Crippen molar-refractivity contribution >= 4 is 39.6 Å². The van der Waals surface area contributed by atoms with Crippen molar-refractivity contribution in [3.05, 3.63) is 137 Å². The van der Waals surface area contributed by atoms with Crippen molar-refractivity contribution in [2.45, 2.75) is 186 Å². The van der Waals surface area contributed by atoms with Crippen molar-refractivity contribution in [3.63, 3.8) is 0 Å². The first-order chi connectivity index (χ1) is 31.3. The summed E-state index contributed by atoms with van der Waals surface area (Å²) in [5.41, 5.74) is 11.1. The fraction of sp³-hybridized carbons (Fsp3) is 0.484. The van der Waals surface area contributed by atoms with Crippen LogP contribution in [0.3, 0.4) is 0 Å². The van der Waals surface area contributed by atoms with Crippen LogP contribution >= 0.6 is 18.0 Å². The van der Waals surface area contributed by atoms with Crippen LogP contribution in [0.1, 0.15) is 184 Å². The van der Waals surface area contributed by atoms with Crippen LogP contribution in [0, 0.1) is 6.92 Å². The number of fused-ring (bicyclic) bond motifs is 2. The van der Waals surface area contributed by atoms with Crippen molar-refractivity contribution in [3.8, 4) is 28.4 Å². The third-order valence-electron chi connectivity index (χ3n) is 10.6. The molecule has 0 radical (unpaired) electrons. The van der Waals surface area contributed by atoms with Gasteiger partial charge in [0.25, 0.3) is 0 Å². The number of hydrogen-bond acceptors (Lipinski definition) is 3. The molecule has 0 aliphatic carbocycles. The van der Waals surface area contributed by atoms with Crippen LogP contribution in [-0.2, 0) is 27.8 Å². The van der Waals surface area contributed by atoms with Crippen molar-refractivity contribution in [2.75, 3.05) is 13.3 Å². The summed E-state index contributed by atoms with van der Waals surface area (Å²) < 4.78 is 12.1. The number of aromatic hydroxyl groups is 1. The van der Waals surface area contributed by atoms with E-state index in [1.807, 2.05) is 67.6 Å². The van der Waals surface area contributed by atoms with Gasteiger partial charge in [-0.2, -0.15) is 0 Å². The molecule has 2 unspecified atom stereocenters. The van der Waals surface area contributed by atoms with E-state index >= 15 is 0 Å². The summed E-state index contributed by atoms with van der Waals surface area (Å²) >= 11 is 0. The van der Waals surface area contributed by atoms with Gasteiger partial charge in [0.15, 0.2) is 0 Å². The lowest BCUT2D eigenvalue weighted by atomic mass is 9.72. The molecule has 0 aromatic heterocycles. The van der Waals surface area contributed by atoms with Gasteiger partial charge in [-0.15, -0.1) is 9.24 Å². The van der Waals surface area contributed by atoms with Crippen molar-refractivity contribution in [1.29, 1.82) is 0 Å². The summed E-state index contributed by atoms with van der Waals surface area (Å²) in [6, 6.07) is 35.0. The monoisotopic (exact) mass is 949 g/mol. The number of phenols is 1. The summed E-state index contributed by atoms with van der Waals surface area (Å²) in [4.78, 5) is 0. The van der Waals surface area contributed by atoms with Gasteiger partial charge in [-0.3, -0.25) is 0 Å². The maximum Gasteiger partial charge on any atom is 0.134 e. The summed E-state index contributed by atoms with van der Waals surface area (Å²) in [7, 11) is 3.41. The van der Waals surface area contributed by atoms with Crippen molar-refractivity contribution in [1.82, 2.24) is 0 Å². The lowest BCUT2D eigenvalue weighted by Gasteiger charge is -2.34. The second-order valence-electron chi connectivity index (χ2n) is 21.4. The van der Waals surface area contributed by atoms with Crippen LogP contribution in [0.15, 0.2) is 103 Å². The predicted octanol–water partition coefficient (Wildman–Crippen LogP) is 19.9. The summed E-state index contributed by atoms with van der Waals surface area (Å²) in [6.45, 7) is 47.8. The van der Waals surface area contributed by atoms with Crippen LogP contribution in [0.2, 0.25) is 0 Å². The molecule has 0 aliphatic rings. The molecule has 0 bridgehead atoms. The topological polar surface area (TPSA) is 38.7 Å². The van der Waals surface area contributed by atoms with E-state index in [0.717, 1.165) is 28.4 Å². The van der Waals surface area contributed by atoms with E-state index < -0.39 is 0 Å². The molecule has 370 valence electrons. The van der Waals surface area contributed by atoms with E-state index in [2.05, 4.69) is 184 Å². The summed E-state index contributed by atoms with van der Waals surface area (Å²) in [5.74, 6) is 2.39. The molecule has 0 spiro atoms. The molecule has 0 aliphatic heterocycles. The van der Waals surface area contributed by atoms with Crippen LogP contribution in [0.5, 0.6) is 17.2 Å². The van der Waals surface area contributed by atoms with Gasteiger partial charge in [-0.25, -0.2) is 0 Å². The average Bonchev–Trinajstić information content (AvgIpc) is 3.24. The van der Waals surface area contributed by atoms with Gasteiger partial charge in [-0.1, -0.05) is 229 Å². The molecule has 0 fully saturated rings. The predicted molar refractivity (Wildman–Crippen MR) is 308 cm³/mol. The Labute approximate surface area is 415 Å². The standard InChI is InChI=1S/C31H50OP2.C12H12O.C10H8O.3C3H8/c1-19-23(29(5,6)7)17-24(30(8,9)10)22(18-33)26(19)21-15-20(28(2,3)4)16-25(31(11,12)13)27(21)32-34-14;1-2-13-12-9-5-7-10-6-3-4-8-11(10)12;11-10-7-3-5-8-4-1-2-6-9(8)10;3*1-3-2/h15-17,34H,18,33H2,1-14H3;3-9H,2H2,1H3;1-7,11H;3*3H2,1-2H3. The average molecular weight is 949 g/mol. The molecule has 6 rings (SSSR count). The second-order valence-corrected chi connectivity index (χ2v) is 22.4. The molecule has 0 amide bonds. The van der Waals surface area contributed by atoms with E-state index in [4.69, 9.17) is 9.26 Å². The second kappa shape index (κ2) is 28.6. The maximum atomic E-state index is 9.37. The summed E-state index contributed by atoms with van der Waals surface area (Å²) in [5, 5.41) is 13.8. The Morgan fingerprint density at radius 2 is 0.985 bits per heavy atom. The van der Waals surface area contributed by atoms with Crippen molar-refractivity contribution < 1.29 is 14.4 Å². The van der Waals surface area contributed by atoms with Crippen LogP contribution in [-0.4, -0.2) is 18.4 Å². The van der Waals surface area contributed by atoms with E-state index in [-0.39, 0.29) is 21.7 Å². The number of ether oxygens (including phenoxy) is 1. The van der Waals surface area contributed by atoms with Crippen LogP contribution < -0.4 is 9.26 Å². The number of rotatable bonds is 6. The number of hydrogen-bond donors (Lipinski definition) is 1. The molecule has 1 N–H and O–H groups in total. The Morgan fingerprint density at radius 1 is 0.537 bits per heavy atom. The first kappa shape index (κ1) is 61.1. The molecule has 0 saturated carbocycles. The van der Waals surface area contributed by atoms with Gasteiger partial charge >= 0.3 is 0 Å². The highest BCUT2D eigenvalue weighted by Gasteiger charge is 2.32. The third-order valence-corrected chi connectivity index (χ3v) is 11.4. The molecular weight excluding hydrogens is 855 g/mol. The quantitative estimate of drug-likeness (QED) is 0.169. The highest BCUT2D eigenvalue weighted by atomic mass is 31.1. The smallest absolute Gasteiger partial charge is 0.134 e. The lowest BCUT2D eigenvalue weighted by molar-refractivity contribution is 0.344. The van der Waals surface area contributed by atoms with Gasteiger partial charge < -0.3 is 14.4 Å². The Balaban J connectivity index is 0.000000545. The Kier molecular flexibility index (Phi) is 26.0. The first-order valence-electron chi connectivity index (χ1n) is 25.0. The minimum atomic E-state index is -0.0193. The van der Waals surface area contributed by atoms with Gasteiger partial charge in [0.05, 0.1) is 15.4 Å². The molecule has 6 aromatic rings. The van der Waals surface area contributed by atoms with E-state index in [1.165, 1.54) is 74.5 Å². The van der Waals surface area contributed by atoms with Gasteiger partial charge in [0, 0.05) is 21.9 Å². The zero-order valence-electron chi connectivity index (χ0n) is 46.2. The Hall–Kier alpha value is -3.90. The fourth-order valence-electron chi connectivity index (χ4n) is 7.56. The molecule has 67 heavy (non-hydrogen) atoms. The molecule has 3 nitrogen and oxygen atoms in total. The molecule has 0 saturated heterocycles. The third kappa shape index (κ3) is 18.5. The van der Waals surface area contributed by atoms with Crippen LogP contribution in [0.25, 0.3) is 32.7 Å². The Bertz CT molecular complexity index is 2350. The number of phenolic OH excluding ortho intramolecular Hbond substituents is 1. The lowest BCUT2D eigenvalue weighted by Crippen LogP contribution is -2.22. The SMILES string of the molecule is CCC.CCC.CCC.CCOc1cccc2ccccc12.CPOc1c(-c2c(C)c(C(C)(C)C)cc(C(C)(C)C)c2CP)cc(C(C)(C)C)cc1C(C)(C)C.Oc1cccc2ccccc12. The Morgan fingerprint density at radius 3 is 1.42 bits per heavy atom. The van der Waals surface area contributed by atoms with Crippen LogP contribution in [0.4, 0.5) is 0 Å². The molecule has 0 heterocycles. The van der Waals surface area contributed by atoms with E-state index in [1.54, 1.807) is 6.07 Å². The summed E-state index contributed by atoms with van der Waals surface area (Å²) in [6.07, 6.45) is 4.67. The highest BCUT2D eigenvalue weighted by Crippen LogP contribution is 2.49. The fourth-order valence-corrected chi connectivity index (χ4v) is 8.41. The molecule has 5 heteroatoms. The largest absolute Gasteiger partial charge is 0.507 e. The maximum absolute atomic E-state index is 9.37. The highest BCUT2D eigenvalue weighted by molar-refractivity contribution is 7.31. The number of benzene rings is 6. The van der Waals surface area contributed by atoms with Gasteiger partial charge in [0.2, 0.25) is 0 Å². The van der Waals surface area contributed by atoms with Gasteiger partial charge in [0.1, 0.15) is 17.2 Å². The first-order valence-corrected chi connectivity index (χ1v) is 27.2. The molecule has 2 atom stereocenters. The minimum Gasteiger partial charge on any atom is -0.507 e. The van der Waals surface area contributed by atoms with E-state index in [0.29, 0.717) is 21.2 Å². The molecule has 6 aromatic carbocycles. The van der Waals surface area contributed by atoms with E-state index in [9.17, 15) is 5.11 Å². The minimum absolute atomic E-state index is 0.0193. The van der Waals surface area contributed by atoms with Crippen molar-refractivity contribution in [2.24, 2.45) is 0 Å². The zero-order chi connectivity index (χ0) is 51.3. The van der Waals surface area contributed by atoms with Gasteiger partial charge in [-0.05, 0) is 111 Å². The molecular formula is C62H94O3P2. The zero-order valence-corrected chi connectivity index (χ0v) is 48.3. The normalized spacial score (nSPS) is 11.4.